The minimum absolute atomic E-state index is 0.383. The maximum Gasteiger partial charge on any atom is 0.408 e. The van der Waals surface area contributed by atoms with Crippen molar-refractivity contribution in [3.05, 3.63) is 46.0 Å². The third kappa shape index (κ3) is 6.23. The van der Waals surface area contributed by atoms with Crippen LogP contribution in [0.4, 0.5) is 4.79 Å². The lowest BCUT2D eigenvalue weighted by atomic mass is 9.87. The van der Waals surface area contributed by atoms with Crippen LogP contribution in [0.5, 0.6) is 0 Å². The molecule has 1 aromatic rings. The summed E-state index contributed by atoms with van der Waals surface area (Å²) in [5.74, 6) is -1.05. The van der Waals surface area contributed by atoms with Crippen molar-refractivity contribution in [3.8, 4) is 0 Å². The largest absolute Gasteiger partial charge is 0.455 e. The highest BCUT2D eigenvalue weighted by atomic mass is 16.6. The van der Waals surface area contributed by atoms with Crippen LogP contribution in [0.25, 0.3) is 0 Å². The lowest BCUT2D eigenvalue weighted by molar-refractivity contribution is -0.557. The standard InChI is InChI=1S/C19H28N2O6/c1-17(2,3)26-15(22)19(7,21(24)25)14(13-11-9-8-10-12-13)20-16(23)27-18(4,5)6/h8-12,14H,1-7H3,(H,20,23)/t14-,19+/m0/s1. The van der Waals surface area contributed by atoms with E-state index < -0.39 is 39.8 Å². The van der Waals surface area contributed by atoms with E-state index in [1.807, 2.05) is 0 Å². The molecule has 8 heteroatoms. The molecule has 27 heavy (non-hydrogen) atoms. The maximum atomic E-state index is 12.7. The Hall–Kier alpha value is -2.64. The van der Waals surface area contributed by atoms with Gasteiger partial charge < -0.3 is 14.8 Å². The van der Waals surface area contributed by atoms with Crippen LogP contribution in [0, 0.1) is 10.1 Å². The van der Waals surface area contributed by atoms with Crippen LogP contribution in [-0.4, -0.2) is 33.7 Å². The Labute approximate surface area is 159 Å². The summed E-state index contributed by atoms with van der Waals surface area (Å²) < 4.78 is 10.5. The number of rotatable bonds is 5. The summed E-state index contributed by atoms with van der Waals surface area (Å²) >= 11 is 0. The second kappa shape index (κ2) is 7.94. The van der Waals surface area contributed by atoms with Gasteiger partial charge in [-0.25, -0.2) is 9.59 Å². The van der Waals surface area contributed by atoms with Gasteiger partial charge in [-0.3, -0.25) is 10.1 Å². The van der Waals surface area contributed by atoms with E-state index >= 15 is 0 Å². The molecule has 0 unspecified atom stereocenters. The number of amides is 1. The number of hydrogen-bond donors (Lipinski definition) is 1. The van der Waals surface area contributed by atoms with Crippen molar-refractivity contribution in [2.45, 2.75) is 71.2 Å². The van der Waals surface area contributed by atoms with E-state index in [1.54, 1.807) is 71.9 Å². The van der Waals surface area contributed by atoms with Crippen molar-refractivity contribution < 1.29 is 24.0 Å². The molecular weight excluding hydrogens is 352 g/mol. The Bertz CT molecular complexity index is 690. The monoisotopic (exact) mass is 380 g/mol. The molecule has 1 aromatic carbocycles. The Kier molecular flexibility index (Phi) is 6.59. The normalized spacial score (nSPS) is 15.2. The van der Waals surface area contributed by atoms with Crippen LogP contribution >= 0.6 is 0 Å². The number of esters is 1. The minimum Gasteiger partial charge on any atom is -0.455 e. The third-order valence-electron chi connectivity index (χ3n) is 3.55. The lowest BCUT2D eigenvalue weighted by Gasteiger charge is -2.32. The van der Waals surface area contributed by atoms with E-state index in [1.165, 1.54) is 0 Å². The molecule has 1 N–H and O–H groups in total. The average Bonchev–Trinajstić information content (AvgIpc) is 2.49. The molecule has 0 radical (unpaired) electrons. The third-order valence-corrected chi connectivity index (χ3v) is 3.55. The molecule has 0 aromatic heterocycles. The Morgan fingerprint density at radius 2 is 1.44 bits per heavy atom. The van der Waals surface area contributed by atoms with Crippen molar-refractivity contribution >= 4 is 12.1 Å². The number of alkyl carbamates (subject to hydrolysis) is 1. The van der Waals surface area contributed by atoms with Gasteiger partial charge >= 0.3 is 17.6 Å². The van der Waals surface area contributed by atoms with Gasteiger partial charge in [0.05, 0.1) is 0 Å². The van der Waals surface area contributed by atoms with Gasteiger partial charge in [0.25, 0.3) is 0 Å². The minimum atomic E-state index is -2.26. The molecule has 2 atom stereocenters. The number of carbonyl (C=O) groups is 2. The molecule has 0 fully saturated rings. The van der Waals surface area contributed by atoms with Crippen LogP contribution in [-0.2, 0) is 14.3 Å². The van der Waals surface area contributed by atoms with E-state index in [2.05, 4.69) is 5.32 Å². The first-order valence-electron chi connectivity index (χ1n) is 8.59. The lowest BCUT2D eigenvalue weighted by Crippen LogP contribution is -2.57. The van der Waals surface area contributed by atoms with Crippen LogP contribution in [0.15, 0.2) is 30.3 Å². The van der Waals surface area contributed by atoms with Gasteiger partial charge in [-0.2, -0.15) is 0 Å². The predicted molar refractivity (Wildman–Crippen MR) is 99.8 cm³/mol. The molecule has 150 valence electrons. The molecule has 1 amide bonds. The van der Waals surface area contributed by atoms with E-state index in [0.29, 0.717) is 5.56 Å². The summed E-state index contributed by atoms with van der Waals surface area (Å²) in [6.45, 7) is 11.0. The number of carbonyl (C=O) groups excluding carboxylic acids is 2. The zero-order valence-corrected chi connectivity index (χ0v) is 16.9. The summed E-state index contributed by atoms with van der Waals surface area (Å²) in [7, 11) is 0. The smallest absolute Gasteiger partial charge is 0.408 e. The van der Waals surface area contributed by atoms with E-state index in [0.717, 1.165) is 6.92 Å². The SMILES string of the molecule is CC(C)(C)OC(=O)N[C@@H](c1ccccc1)[C@](C)(C(=O)OC(C)(C)C)[N+](=O)[O-]. The summed E-state index contributed by atoms with van der Waals surface area (Å²) in [4.78, 5) is 36.3. The Morgan fingerprint density at radius 3 is 1.85 bits per heavy atom. The van der Waals surface area contributed by atoms with Crippen LogP contribution in [0.3, 0.4) is 0 Å². The molecule has 0 bridgehead atoms. The highest BCUT2D eigenvalue weighted by Gasteiger charge is 2.57. The van der Waals surface area contributed by atoms with Crippen molar-refractivity contribution in [2.24, 2.45) is 0 Å². The number of nitrogens with one attached hydrogen (secondary N) is 1. The van der Waals surface area contributed by atoms with Gasteiger partial charge in [0.1, 0.15) is 17.2 Å². The highest BCUT2D eigenvalue weighted by Crippen LogP contribution is 2.32. The van der Waals surface area contributed by atoms with Crippen molar-refractivity contribution in [2.75, 3.05) is 0 Å². The van der Waals surface area contributed by atoms with Gasteiger partial charge in [0, 0.05) is 11.8 Å². The molecule has 0 aliphatic carbocycles. The van der Waals surface area contributed by atoms with Gasteiger partial charge in [0.2, 0.25) is 0 Å². The predicted octanol–water partition coefficient (Wildman–Crippen LogP) is 3.63. The first-order chi connectivity index (χ1) is 12.2. The first-order valence-corrected chi connectivity index (χ1v) is 8.59. The molecule has 1 rings (SSSR count). The number of ether oxygens (including phenoxy) is 2. The molecule has 0 saturated carbocycles. The van der Waals surface area contributed by atoms with Gasteiger partial charge in [0.15, 0.2) is 0 Å². The summed E-state index contributed by atoms with van der Waals surface area (Å²) in [5, 5.41) is 14.4. The molecule has 0 saturated heterocycles. The van der Waals surface area contributed by atoms with Crippen LogP contribution < -0.4 is 5.32 Å². The molecule has 0 aliphatic heterocycles. The van der Waals surface area contributed by atoms with Crippen LogP contribution in [0.1, 0.15) is 60.1 Å². The molecular formula is C19H28N2O6. The molecule has 0 aliphatic rings. The number of hydrogen-bond acceptors (Lipinski definition) is 6. The average molecular weight is 380 g/mol. The van der Waals surface area contributed by atoms with Crippen molar-refractivity contribution in [1.29, 1.82) is 0 Å². The second-order valence-electron chi connectivity index (χ2n) is 8.40. The number of nitro groups is 1. The molecule has 0 heterocycles. The summed E-state index contributed by atoms with van der Waals surface area (Å²) in [6, 6.07) is 6.94. The molecule has 0 spiro atoms. The highest BCUT2D eigenvalue weighted by molar-refractivity contribution is 5.82. The number of benzene rings is 1. The van der Waals surface area contributed by atoms with Gasteiger partial charge in [-0.1, -0.05) is 30.3 Å². The summed E-state index contributed by atoms with van der Waals surface area (Å²) in [5.41, 5.74) is -3.61. The Morgan fingerprint density at radius 1 is 0.963 bits per heavy atom. The summed E-state index contributed by atoms with van der Waals surface area (Å²) in [6.07, 6.45) is -0.868. The fourth-order valence-electron chi connectivity index (χ4n) is 2.30. The zero-order chi connectivity index (χ0) is 21.0. The Balaban J connectivity index is 3.38. The number of nitrogens with zero attached hydrogens (tertiary/aromatic N) is 1. The first kappa shape index (κ1) is 22.4. The fraction of sp³-hybridized carbons (Fsp3) is 0.579. The van der Waals surface area contributed by atoms with Gasteiger partial charge in [-0.15, -0.1) is 0 Å². The van der Waals surface area contributed by atoms with Crippen molar-refractivity contribution in [3.63, 3.8) is 0 Å². The van der Waals surface area contributed by atoms with E-state index in [-0.39, 0.29) is 0 Å². The topological polar surface area (TPSA) is 108 Å². The van der Waals surface area contributed by atoms with Crippen molar-refractivity contribution in [1.82, 2.24) is 5.32 Å². The van der Waals surface area contributed by atoms with E-state index in [4.69, 9.17) is 9.47 Å². The second-order valence-corrected chi connectivity index (χ2v) is 8.40. The van der Waals surface area contributed by atoms with Crippen LogP contribution in [0.2, 0.25) is 0 Å². The quantitative estimate of drug-likeness (QED) is 0.475. The molecule has 8 nitrogen and oxygen atoms in total. The maximum absolute atomic E-state index is 12.7. The van der Waals surface area contributed by atoms with E-state index in [9.17, 15) is 19.7 Å². The fourth-order valence-corrected chi connectivity index (χ4v) is 2.30. The van der Waals surface area contributed by atoms with Gasteiger partial charge in [-0.05, 0) is 47.1 Å². The zero-order valence-electron chi connectivity index (χ0n) is 16.9.